The van der Waals surface area contributed by atoms with Crippen molar-refractivity contribution in [3.05, 3.63) is 117 Å². The molecule has 42 heavy (non-hydrogen) atoms. The molecular weight excluding hydrogens is 591 g/mol. The summed E-state index contributed by atoms with van der Waals surface area (Å²) in [5, 5.41) is 10.6. The Labute approximate surface area is 248 Å². The van der Waals surface area contributed by atoms with Crippen LogP contribution in [-0.2, 0) is 4.74 Å². The molecule has 0 radical (unpaired) electrons. The molecule has 1 unspecified atom stereocenters. The second kappa shape index (κ2) is 12.1. The number of hydrogen-bond donors (Lipinski definition) is 1. The number of amides is 1. The molecule has 2 aromatic heterocycles. The van der Waals surface area contributed by atoms with Gasteiger partial charge in [0.1, 0.15) is 52.3 Å². The Hall–Kier alpha value is -4.54. The van der Waals surface area contributed by atoms with Gasteiger partial charge in [-0.3, -0.25) is 4.79 Å². The van der Waals surface area contributed by atoms with E-state index in [9.17, 15) is 18.4 Å². The highest BCUT2D eigenvalue weighted by Crippen LogP contribution is 2.35. The first-order valence-corrected chi connectivity index (χ1v) is 13.3. The van der Waals surface area contributed by atoms with Crippen molar-refractivity contribution >= 4 is 35.1 Å². The van der Waals surface area contributed by atoms with Gasteiger partial charge < -0.3 is 19.1 Å². The molecule has 8 nitrogen and oxygen atoms in total. The van der Waals surface area contributed by atoms with Crippen molar-refractivity contribution in [1.29, 1.82) is 0 Å². The third-order valence-corrected chi connectivity index (χ3v) is 7.07. The van der Waals surface area contributed by atoms with Gasteiger partial charge in [-0.1, -0.05) is 76.0 Å². The highest BCUT2D eigenvalue weighted by Gasteiger charge is 2.30. The molecule has 12 heteroatoms. The molecular formula is C30H21Cl2F2N3O5. The quantitative estimate of drug-likeness (QED) is 0.181. The lowest BCUT2D eigenvalue weighted by Crippen LogP contribution is -2.33. The van der Waals surface area contributed by atoms with Gasteiger partial charge in [-0.15, -0.1) is 0 Å². The fraction of sp³-hybridized carbons (Fsp3) is 0.133. The fourth-order valence-corrected chi connectivity index (χ4v) is 4.91. The van der Waals surface area contributed by atoms with Crippen LogP contribution in [0.5, 0.6) is 0 Å². The van der Waals surface area contributed by atoms with Crippen LogP contribution < -0.4 is 5.32 Å². The fourth-order valence-electron chi connectivity index (χ4n) is 4.41. The molecule has 0 fully saturated rings. The number of esters is 1. The second-order valence-corrected chi connectivity index (χ2v) is 9.97. The van der Waals surface area contributed by atoms with Crippen molar-refractivity contribution in [3.63, 3.8) is 0 Å². The molecule has 5 aromatic rings. The van der Waals surface area contributed by atoms with Crippen LogP contribution in [0, 0.1) is 25.5 Å². The van der Waals surface area contributed by atoms with Gasteiger partial charge in [0.15, 0.2) is 0 Å². The van der Waals surface area contributed by atoms with Crippen LogP contribution >= 0.6 is 23.2 Å². The topological polar surface area (TPSA) is 107 Å². The first-order valence-electron chi connectivity index (χ1n) is 12.5. The van der Waals surface area contributed by atoms with Crippen molar-refractivity contribution in [2.45, 2.75) is 19.9 Å². The maximum atomic E-state index is 14.7. The van der Waals surface area contributed by atoms with Gasteiger partial charge in [-0.25, -0.2) is 13.6 Å². The lowest BCUT2D eigenvalue weighted by Gasteiger charge is -2.19. The van der Waals surface area contributed by atoms with E-state index in [0.717, 1.165) is 0 Å². The van der Waals surface area contributed by atoms with Crippen molar-refractivity contribution in [3.8, 4) is 22.5 Å². The number of ether oxygens (including phenoxy) is 1. The molecule has 0 aliphatic heterocycles. The first kappa shape index (κ1) is 29.0. The summed E-state index contributed by atoms with van der Waals surface area (Å²) in [6, 6.07) is 16.0. The number of aromatic nitrogens is 2. The second-order valence-electron chi connectivity index (χ2n) is 9.15. The molecule has 1 amide bonds. The number of rotatable bonds is 8. The Kier molecular flexibility index (Phi) is 8.37. The van der Waals surface area contributed by atoms with Crippen molar-refractivity contribution in [2.24, 2.45) is 0 Å². The highest BCUT2D eigenvalue weighted by atomic mass is 35.5. The summed E-state index contributed by atoms with van der Waals surface area (Å²) in [4.78, 5) is 26.9. The predicted octanol–water partition coefficient (Wildman–Crippen LogP) is 7.53. The molecule has 5 rings (SSSR count). The molecule has 214 valence electrons. The molecule has 0 saturated carbocycles. The van der Waals surface area contributed by atoms with Crippen LogP contribution in [0.3, 0.4) is 0 Å². The maximum Gasteiger partial charge on any atom is 0.344 e. The van der Waals surface area contributed by atoms with Crippen LogP contribution in [0.2, 0.25) is 10.0 Å². The normalized spacial score (nSPS) is 11.8. The van der Waals surface area contributed by atoms with E-state index in [-0.39, 0.29) is 61.8 Å². The van der Waals surface area contributed by atoms with Crippen molar-refractivity contribution < 1.29 is 32.2 Å². The lowest BCUT2D eigenvalue weighted by molar-refractivity contribution is 0.0454. The summed E-state index contributed by atoms with van der Waals surface area (Å²) in [6.07, 6.45) is 0. The Morgan fingerprint density at radius 1 is 0.810 bits per heavy atom. The summed E-state index contributed by atoms with van der Waals surface area (Å²) in [5.41, 5.74) is 0.0323. The minimum absolute atomic E-state index is 0.0293. The number of aryl methyl sites for hydroxylation is 2. The average molecular weight is 612 g/mol. The molecule has 0 bridgehead atoms. The Morgan fingerprint density at radius 2 is 1.33 bits per heavy atom. The summed E-state index contributed by atoms with van der Waals surface area (Å²) in [6.45, 7) is 2.63. The molecule has 1 atom stereocenters. The predicted molar refractivity (Wildman–Crippen MR) is 150 cm³/mol. The molecule has 3 aromatic carbocycles. The number of benzene rings is 3. The number of nitrogens with zero attached hydrogens (tertiary/aromatic N) is 2. The zero-order valence-corrected chi connectivity index (χ0v) is 23.6. The molecule has 0 aliphatic carbocycles. The Morgan fingerprint density at radius 3 is 1.88 bits per heavy atom. The minimum Gasteiger partial charge on any atom is -0.459 e. The van der Waals surface area contributed by atoms with Gasteiger partial charge in [0.2, 0.25) is 0 Å². The first-order chi connectivity index (χ1) is 20.2. The number of carbonyl (C=O) groups excluding carboxylic acids is 2. The Bertz CT molecular complexity index is 1750. The van der Waals surface area contributed by atoms with Crippen LogP contribution in [0.25, 0.3) is 22.5 Å². The third-order valence-electron chi connectivity index (χ3n) is 6.44. The van der Waals surface area contributed by atoms with Crippen LogP contribution in [-0.4, -0.2) is 28.8 Å². The monoisotopic (exact) mass is 611 g/mol. The smallest absolute Gasteiger partial charge is 0.344 e. The largest absolute Gasteiger partial charge is 0.459 e. The van der Waals surface area contributed by atoms with Gasteiger partial charge >= 0.3 is 5.97 Å². The van der Waals surface area contributed by atoms with E-state index in [1.807, 2.05) is 0 Å². The summed E-state index contributed by atoms with van der Waals surface area (Å²) < 4.78 is 45.3. The number of halogens is 4. The van der Waals surface area contributed by atoms with Crippen molar-refractivity contribution in [1.82, 2.24) is 15.6 Å². The standard InChI is InChI=1S/C30H21Cl2F2N3O5/c1-15-23(27(36-41-15)25-18(31)10-6-12-20(25)33)29(38)35-22(17-8-4-3-5-9-17)14-40-30(39)24-16(2)42-37-28(24)26-19(32)11-7-13-21(26)34/h3-13,22H,14H2,1-2H3,(H,35,38). The van der Waals surface area contributed by atoms with E-state index in [1.54, 1.807) is 30.3 Å². The van der Waals surface area contributed by atoms with Gasteiger partial charge in [0.25, 0.3) is 5.91 Å². The molecule has 2 heterocycles. The van der Waals surface area contributed by atoms with Gasteiger partial charge in [0, 0.05) is 0 Å². The SMILES string of the molecule is Cc1onc(-c2c(F)cccc2Cl)c1C(=O)NC(COC(=O)c1c(-c2c(F)cccc2Cl)noc1C)c1ccccc1. The zero-order valence-electron chi connectivity index (χ0n) is 22.1. The summed E-state index contributed by atoms with van der Waals surface area (Å²) >= 11 is 12.4. The maximum absolute atomic E-state index is 14.7. The number of hydrogen-bond acceptors (Lipinski definition) is 7. The Balaban J connectivity index is 1.43. The molecule has 0 saturated heterocycles. The average Bonchev–Trinajstić information content (AvgIpc) is 3.53. The van der Waals surface area contributed by atoms with Gasteiger partial charge in [0.05, 0.1) is 27.2 Å². The lowest BCUT2D eigenvalue weighted by atomic mass is 10.0. The third kappa shape index (κ3) is 5.63. The highest BCUT2D eigenvalue weighted by molar-refractivity contribution is 6.34. The molecule has 0 spiro atoms. The van der Waals surface area contributed by atoms with E-state index in [2.05, 4.69) is 15.6 Å². The van der Waals surface area contributed by atoms with Crippen molar-refractivity contribution in [2.75, 3.05) is 6.61 Å². The number of carbonyl (C=O) groups is 2. The van der Waals surface area contributed by atoms with E-state index >= 15 is 0 Å². The summed E-state index contributed by atoms with van der Waals surface area (Å²) in [5.74, 6) is -2.73. The summed E-state index contributed by atoms with van der Waals surface area (Å²) in [7, 11) is 0. The molecule has 1 N–H and O–H groups in total. The van der Waals surface area contributed by atoms with E-state index < -0.39 is 29.6 Å². The zero-order chi connectivity index (χ0) is 30.0. The van der Waals surface area contributed by atoms with Crippen LogP contribution in [0.1, 0.15) is 43.8 Å². The van der Waals surface area contributed by atoms with Crippen LogP contribution in [0.15, 0.2) is 75.8 Å². The van der Waals surface area contributed by atoms with Crippen LogP contribution in [0.4, 0.5) is 8.78 Å². The van der Waals surface area contributed by atoms with Gasteiger partial charge in [-0.2, -0.15) is 0 Å². The minimum atomic E-state index is -0.877. The molecule has 0 aliphatic rings. The van der Waals surface area contributed by atoms with E-state index in [4.69, 9.17) is 37.0 Å². The van der Waals surface area contributed by atoms with E-state index in [0.29, 0.717) is 5.56 Å². The van der Waals surface area contributed by atoms with Gasteiger partial charge in [-0.05, 0) is 43.7 Å². The van der Waals surface area contributed by atoms with E-state index in [1.165, 1.54) is 50.2 Å². The number of nitrogens with one attached hydrogen (secondary N) is 1.